The van der Waals surface area contributed by atoms with E-state index in [1.165, 1.54) is 18.2 Å². The Morgan fingerprint density at radius 2 is 2.00 bits per heavy atom. The fourth-order valence-corrected chi connectivity index (χ4v) is 5.11. The van der Waals surface area contributed by atoms with Gasteiger partial charge in [0.2, 0.25) is 5.88 Å². The molecule has 2 aromatic carbocycles. The summed E-state index contributed by atoms with van der Waals surface area (Å²) >= 11 is 5.94. The molecule has 0 amide bonds. The van der Waals surface area contributed by atoms with E-state index in [0.29, 0.717) is 54.7 Å². The summed E-state index contributed by atoms with van der Waals surface area (Å²) in [5, 5.41) is 17.0. The first kappa shape index (κ1) is 24.0. The number of halogens is 1. The summed E-state index contributed by atoms with van der Waals surface area (Å²) < 4.78 is 39.5. The van der Waals surface area contributed by atoms with Crippen molar-refractivity contribution < 1.29 is 17.9 Å². The first-order valence-electron chi connectivity index (χ1n) is 10.8. The third-order valence-electron chi connectivity index (χ3n) is 5.79. The SMILES string of the molecule is N#Cc1ccc(Cl)cc1S(=O)(=O)Nc1ccc(-c2nc(OCC3(CN)COC3)c3cn[nH]c3n2)cc1. The fourth-order valence-electron chi connectivity index (χ4n) is 3.63. The van der Waals surface area contributed by atoms with Crippen molar-refractivity contribution in [3.63, 3.8) is 0 Å². The lowest BCUT2D eigenvalue weighted by molar-refractivity contribution is -0.125. The molecule has 1 saturated heterocycles. The maximum absolute atomic E-state index is 12.9. The molecule has 0 aliphatic carbocycles. The number of ether oxygens (including phenoxy) is 2. The summed E-state index contributed by atoms with van der Waals surface area (Å²) in [6.07, 6.45) is 1.59. The molecule has 4 N–H and O–H groups in total. The second-order valence-corrected chi connectivity index (χ2v) is 10.5. The molecule has 0 unspecified atom stereocenters. The molecule has 0 spiro atoms. The van der Waals surface area contributed by atoms with Crippen LogP contribution in [0.15, 0.2) is 53.6 Å². The number of sulfonamides is 1. The molecule has 5 rings (SSSR count). The number of nitrogens with one attached hydrogen (secondary N) is 2. The van der Waals surface area contributed by atoms with Crippen LogP contribution < -0.4 is 15.2 Å². The third-order valence-corrected chi connectivity index (χ3v) is 7.44. The number of nitrogens with two attached hydrogens (primary N) is 1. The van der Waals surface area contributed by atoms with E-state index in [-0.39, 0.29) is 26.6 Å². The van der Waals surface area contributed by atoms with Crippen molar-refractivity contribution in [2.45, 2.75) is 4.90 Å². The minimum Gasteiger partial charge on any atom is -0.476 e. The normalized spacial score (nSPS) is 14.7. The maximum atomic E-state index is 12.9. The highest BCUT2D eigenvalue weighted by Gasteiger charge is 2.38. The Morgan fingerprint density at radius 1 is 1.22 bits per heavy atom. The molecular formula is C23H20ClN7O4S. The smallest absolute Gasteiger partial charge is 0.263 e. The molecule has 11 nitrogen and oxygen atoms in total. The van der Waals surface area contributed by atoms with Gasteiger partial charge in [-0.25, -0.2) is 13.4 Å². The molecule has 0 saturated carbocycles. The van der Waals surface area contributed by atoms with Gasteiger partial charge in [-0.05, 0) is 42.5 Å². The Morgan fingerprint density at radius 3 is 2.67 bits per heavy atom. The van der Waals surface area contributed by atoms with E-state index in [1.54, 1.807) is 30.5 Å². The van der Waals surface area contributed by atoms with Crippen molar-refractivity contribution >= 4 is 38.3 Å². The number of H-pyrrole nitrogens is 1. The highest BCUT2D eigenvalue weighted by atomic mass is 35.5. The summed E-state index contributed by atoms with van der Waals surface area (Å²) in [6, 6.07) is 12.4. The standard InChI is InChI=1S/C23H20ClN7O4S/c24-16-4-1-15(8-25)19(7-16)36(32,33)31-17-5-2-14(3-6-17)20-28-21-18(9-27-30-21)22(29-20)35-13-23(10-26)11-34-12-23/h1-7,9,31H,10-13,26H2,(H,27,28,29,30). The number of nitrogens with zero attached hydrogens (tertiary/aromatic N) is 4. The van der Waals surface area contributed by atoms with Crippen LogP contribution in [0.25, 0.3) is 22.4 Å². The summed E-state index contributed by atoms with van der Waals surface area (Å²) in [5.41, 5.74) is 7.04. The van der Waals surface area contributed by atoms with Crippen LogP contribution in [0.1, 0.15) is 5.56 Å². The van der Waals surface area contributed by atoms with Gasteiger partial charge in [-0.1, -0.05) is 11.6 Å². The molecule has 0 atom stereocenters. The monoisotopic (exact) mass is 525 g/mol. The van der Waals surface area contributed by atoms with E-state index in [4.69, 9.17) is 26.8 Å². The van der Waals surface area contributed by atoms with Gasteiger partial charge in [0.15, 0.2) is 11.5 Å². The maximum Gasteiger partial charge on any atom is 0.263 e. The number of hydrogen-bond donors (Lipinski definition) is 3. The van der Waals surface area contributed by atoms with Crippen molar-refractivity contribution in [2.24, 2.45) is 11.1 Å². The molecule has 1 aliphatic rings. The number of anilines is 1. The van der Waals surface area contributed by atoms with Crippen molar-refractivity contribution in [2.75, 3.05) is 31.1 Å². The number of aromatic nitrogens is 4. The van der Waals surface area contributed by atoms with Crippen LogP contribution in [0.3, 0.4) is 0 Å². The second kappa shape index (κ2) is 9.36. The zero-order valence-electron chi connectivity index (χ0n) is 18.7. The number of rotatable bonds is 8. The van der Waals surface area contributed by atoms with Gasteiger partial charge in [0.1, 0.15) is 23.0 Å². The van der Waals surface area contributed by atoms with E-state index >= 15 is 0 Å². The summed E-state index contributed by atoms with van der Waals surface area (Å²) in [4.78, 5) is 8.86. The second-order valence-electron chi connectivity index (χ2n) is 8.41. The molecule has 1 fully saturated rings. The first-order chi connectivity index (χ1) is 17.3. The lowest BCUT2D eigenvalue weighted by Crippen LogP contribution is -2.52. The van der Waals surface area contributed by atoms with Gasteiger partial charge in [-0.3, -0.25) is 9.82 Å². The van der Waals surface area contributed by atoms with E-state index < -0.39 is 10.0 Å². The van der Waals surface area contributed by atoms with Crippen molar-refractivity contribution in [3.8, 4) is 23.3 Å². The van der Waals surface area contributed by atoms with Crippen LogP contribution in [-0.4, -0.2) is 54.9 Å². The highest BCUT2D eigenvalue weighted by Crippen LogP contribution is 2.31. The molecule has 2 aromatic heterocycles. The topological polar surface area (TPSA) is 169 Å². The molecule has 13 heteroatoms. The van der Waals surface area contributed by atoms with Gasteiger partial charge in [-0.15, -0.1) is 0 Å². The Balaban J connectivity index is 1.40. The molecule has 0 radical (unpaired) electrons. The van der Waals surface area contributed by atoms with Gasteiger partial charge >= 0.3 is 0 Å². The predicted molar refractivity (Wildman–Crippen MR) is 132 cm³/mol. The minimum absolute atomic E-state index is 0.0119. The number of hydrogen-bond acceptors (Lipinski definition) is 9. The van der Waals surface area contributed by atoms with E-state index in [2.05, 4.69) is 24.9 Å². The van der Waals surface area contributed by atoms with Crippen molar-refractivity contribution in [1.29, 1.82) is 5.26 Å². The lowest BCUT2D eigenvalue weighted by Gasteiger charge is -2.39. The van der Waals surface area contributed by atoms with Crippen LogP contribution in [-0.2, 0) is 14.8 Å². The van der Waals surface area contributed by atoms with Crippen LogP contribution in [0.2, 0.25) is 5.02 Å². The largest absolute Gasteiger partial charge is 0.476 e. The number of nitriles is 1. The van der Waals surface area contributed by atoms with Gasteiger partial charge in [0.05, 0.1) is 30.4 Å². The summed E-state index contributed by atoms with van der Waals surface area (Å²) in [5.74, 6) is 0.725. The van der Waals surface area contributed by atoms with Gasteiger partial charge in [0, 0.05) is 22.8 Å². The van der Waals surface area contributed by atoms with Gasteiger partial charge in [0.25, 0.3) is 10.0 Å². The van der Waals surface area contributed by atoms with Gasteiger partial charge in [-0.2, -0.15) is 15.3 Å². The van der Waals surface area contributed by atoms with Gasteiger partial charge < -0.3 is 15.2 Å². The molecule has 1 aliphatic heterocycles. The quantitative estimate of drug-likeness (QED) is 0.313. The average Bonchev–Trinajstić information content (AvgIpc) is 3.33. The Labute approximate surface area is 211 Å². The zero-order chi connectivity index (χ0) is 25.3. The van der Waals surface area contributed by atoms with Crippen LogP contribution in [0.5, 0.6) is 5.88 Å². The summed E-state index contributed by atoms with van der Waals surface area (Å²) in [7, 11) is -4.05. The fraction of sp³-hybridized carbons (Fsp3) is 0.217. The number of fused-ring (bicyclic) bond motifs is 1. The molecule has 0 bridgehead atoms. The average molecular weight is 526 g/mol. The molecule has 184 valence electrons. The first-order valence-corrected chi connectivity index (χ1v) is 12.6. The van der Waals surface area contributed by atoms with Crippen molar-refractivity contribution in [3.05, 3.63) is 59.2 Å². The van der Waals surface area contributed by atoms with Crippen molar-refractivity contribution in [1.82, 2.24) is 20.2 Å². The zero-order valence-corrected chi connectivity index (χ0v) is 20.3. The van der Waals surface area contributed by atoms with E-state index in [0.717, 1.165) is 0 Å². The van der Waals surface area contributed by atoms with Crippen LogP contribution >= 0.6 is 11.6 Å². The molecule has 4 aromatic rings. The van der Waals surface area contributed by atoms with Crippen LogP contribution in [0, 0.1) is 16.7 Å². The van der Waals surface area contributed by atoms with E-state index in [9.17, 15) is 13.7 Å². The van der Waals surface area contributed by atoms with E-state index in [1.807, 2.05) is 6.07 Å². The molecule has 3 heterocycles. The minimum atomic E-state index is -4.05. The Kier molecular flexibility index (Phi) is 6.23. The van der Waals surface area contributed by atoms with Crippen LogP contribution in [0.4, 0.5) is 5.69 Å². The Hall–Kier alpha value is -3.76. The third kappa shape index (κ3) is 4.57. The molecular weight excluding hydrogens is 506 g/mol. The lowest BCUT2D eigenvalue weighted by atomic mass is 9.87. The number of benzene rings is 2. The summed E-state index contributed by atoms with van der Waals surface area (Å²) in [6.45, 7) is 1.83. The Bertz CT molecular complexity index is 1570. The predicted octanol–water partition coefficient (Wildman–Crippen LogP) is 2.70. The highest BCUT2D eigenvalue weighted by molar-refractivity contribution is 7.92. The molecule has 36 heavy (non-hydrogen) atoms. The number of aromatic amines is 1.